The van der Waals surface area contributed by atoms with Gasteiger partial charge in [-0.1, -0.05) is 18.2 Å². The Morgan fingerprint density at radius 2 is 2.09 bits per heavy atom. The number of nitrogens with one attached hydrogen (secondary N) is 1. The highest BCUT2D eigenvalue weighted by Crippen LogP contribution is 2.30. The van der Waals surface area contributed by atoms with Gasteiger partial charge in [0.1, 0.15) is 17.0 Å². The number of rotatable bonds is 3. The van der Waals surface area contributed by atoms with E-state index in [1.165, 1.54) is 2.88 Å². The van der Waals surface area contributed by atoms with Crippen molar-refractivity contribution >= 4 is 61.6 Å². The SMILES string of the molecule is O=C1CC(Nc2ncnc3sc(I)cc23)CN1c1ccccc1. The number of carbonyl (C=O) groups excluding carboxylic acids is 1. The minimum Gasteiger partial charge on any atom is -0.364 e. The second-order valence-electron chi connectivity index (χ2n) is 5.38. The smallest absolute Gasteiger partial charge is 0.229 e. The summed E-state index contributed by atoms with van der Waals surface area (Å²) >= 11 is 3.93. The lowest BCUT2D eigenvalue weighted by Crippen LogP contribution is -2.27. The van der Waals surface area contributed by atoms with E-state index in [0.29, 0.717) is 13.0 Å². The third kappa shape index (κ3) is 2.90. The van der Waals surface area contributed by atoms with E-state index < -0.39 is 0 Å². The largest absolute Gasteiger partial charge is 0.364 e. The van der Waals surface area contributed by atoms with Crippen molar-refractivity contribution in [3.8, 4) is 0 Å². The van der Waals surface area contributed by atoms with Gasteiger partial charge in [-0.25, -0.2) is 9.97 Å². The molecular weight excluding hydrogens is 423 g/mol. The van der Waals surface area contributed by atoms with E-state index in [-0.39, 0.29) is 11.9 Å². The molecule has 116 valence electrons. The van der Waals surface area contributed by atoms with Crippen LogP contribution in [0.3, 0.4) is 0 Å². The highest BCUT2D eigenvalue weighted by atomic mass is 127. The topological polar surface area (TPSA) is 58.1 Å². The van der Waals surface area contributed by atoms with Crippen molar-refractivity contribution in [1.29, 1.82) is 0 Å². The van der Waals surface area contributed by atoms with Crippen LogP contribution < -0.4 is 10.2 Å². The fourth-order valence-corrected chi connectivity index (χ4v) is 4.46. The lowest BCUT2D eigenvalue weighted by Gasteiger charge is -2.17. The number of amides is 1. The maximum Gasteiger partial charge on any atom is 0.229 e. The van der Waals surface area contributed by atoms with Gasteiger partial charge in [0, 0.05) is 18.7 Å². The standard InChI is InChI=1S/C16H13IN4OS/c17-13-7-12-15(18-9-19-16(12)23-13)20-10-6-14(22)21(8-10)11-4-2-1-3-5-11/h1-5,7,9-10H,6,8H2,(H,18,19,20). The Labute approximate surface area is 150 Å². The first-order valence-corrected chi connectivity index (χ1v) is 9.12. The zero-order valence-corrected chi connectivity index (χ0v) is 15.0. The molecule has 0 bridgehead atoms. The number of thiophene rings is 1. The summed E-state index contributed by atoms with van der Waals surface area (Å²) in [6.45, 7) is 0.648. The van der Waals surface area contributed by atoms with Crippen LogP contribution in [0.4, 0.5) is 11.5 Å². The van der Waals surface area contributed by atoms with Crippen molar-refractivity contribution in [2.75, 3.05) is 16.8 Å². The Morgan fingerprint density at radius 1 is 1.26 bits per heavy atom. The van der Waals surface area contributed by atoms with Gasteiger partial charge >= 0.3 is 0 Å². The molecule has 3 heterocycles. The Bertz CT molecular complexity index is 867. The maximum atomic E-state index is 12.3. The van der Waals surface area contributed by atoms with Gasteiger partial charge < -0.3 is 10.2 Å². The second-order valence-corrected chi connectivity index (χ2v) is 8.30. The molecule has 1 fully saturated rings. The van der Waals surface area contributed by atoms with E-state index in [0.717, 1.165) is 21.7 Å². The molecule has 0 aliphatic carbocycles. The number of benzene rings is 1. The van der Waals surface area contributed by atoms with Crippen molar-refractivity contribution in [3.05, 3.63) is 45.6 Å². The summed E-state index contributed by atoms with van der Waals surface area (Å²) in [5, 5.41) is 4.44. The zero-order chi connectivity index (χ0) is 15.8. The summed E-state index contributed by atoms with van der Waals surface area (Å²) in [7, 11) is 0. The first kappa shape index (κ1) is 14.8. The lowest BCUT2D eigenvalue weighted by atomic mass is 10.2. The third-order valence-corrected chi connectivity index (χ3v) is 5.64. The predicted molar refractivity (Wildman–Crippen MR) is 101 cm³/mol. The van der Waals surface area contributed by atoms with E-state index in [9.17, 15) is 4.79 Å². The Hall–Kier alpha value is -1.74. The molecule has 0 spiro atoms. The molecule has 1 N–H and O–H groups in total. The van der Waals surface area contributed by atoms with Gasteiger partial charge in [-0.15, -0.1) is 11.3 Å². The molecule has 4 rings (SSSR count). The summed E-state index contributed by atoms with van der Waals surface area (Å²) in [5.41, 5.74) is 0.944. The van der Waals surface area contributed by atoms with E-state index in [1.807, 2.05) is 35.2 Å². The van der Waals surface area contributed by atoms with Crippen LogP contribution in [0.1, 0.15) is 6.42 Å². The van der Waals surface area contributed by atoms with Crippen LogP contribution in [-0.4, -0.2) is 28.5 Å². The predicted octanol–water partition coefficient (Wildman–Crippen LogP) is 3.51. The van der Waals surface area contributed by atoms with Crippen LogP contribution in [0, 0.1) is 2.88 Å². The van der Waals surface area contributed by atoms with Crippen LogP contribution in [0.5, 0.6) is 0 Å². The Balaban J connectivity index is 1.57. The van der Waals surface area contributed by atoms with E-state index in [4.69, 9.17) is 0 Å². The normalized spacial score (nSPS) is 17.9. The lowest BCUT2D eigenvalue weighted by molar-refractivity contribution is -0.117. The summed E-state index contributed by atoms with van der Waals surface area (Å²) < 4.78 is 1.18. The summed E-state index contributed by atoms with van der Waals surface area (Å²) in [4.78, 5) is 23.8. The van der Waals surface area contributed by atoms with Crippen molar-refractivity contribution in [2.45, 2.75) is 12.5 Å². The number of anilines is 2. The number of nitrogens with zero attached hydrogens (tertiary/aromatic N) is 3. The molecule has 1 aliphatic heterocycles. The highest BCUT2D eigenvalue weighted by molar-refractivity contribution is 14.1. The number of carbonyl (C=O) groups is 1. The Kier molecular flexibility index (Phi) is 3.90. The van der Waals surface area contributed by atoms with E-state index in [2.05, 4.69) is 43.9 Å². The highest BCUT2D eigenvalue weighted by Gasteiger charge is 2.31. The van der Waals surface area contributed by atoms with Crippen molar-refractivity contribution in [3.63, 3.8) is 0 Å². The fraction of sp³-hybridized carbons (Fsp3) is 0.188. The molecule has 1 unspecified atom stereocenters. The van der Waals surface area contributed by atoms with Crippen LogP contribution in [0.25, 0.3) is 10.2 Å². The molecule has 23 heavy (non-hydrogen) atoms. The molecule has 0 saturated carbocycles. The second kappa shape index (κ2) is 6.04. The zero-order valence-electron chi connectivity index (χ0n) is 12.1. The molecular formula is C16H13IN4OS. The van der Waals surface area contributed by atoms with Crippen LogP contribution in [0.15, 0.2) is 42.7 Å². The molecule has 2 aromatic heterocycles. The first-order chi connectivity index (χ1) is 11.2. The van der Waals surface area contributed by atoms with Crippen LogP contribution >= 0.6 is 33.9 Å². The molecule has 1 amide bonds. The van der Waals surface area contributed by atoms with E-state index >= 15 is 0 Å². The van der Waals surface area contributed by atoms with E-state index in [1.54, 1.807) is 17.7 Å². The number of fused-ring (bicyclic) bond motifs is 1. The number of halogens is 1. The van der Waals surface area contributed by atoms with Gasteiger partial charge in [0.15, 0.2) is 0 Å². The summed E-state index contributed by atoms with van der Waals surface area (Å²) in [6.07, 6.45) is 2.05. The first-order valence-electron chi connectivity index (χ1n) is 7.23. The van der Waals surface area contributed by atoms with Crippen molar-refractivity contribution in [1.82, 2.24) is 9.97 Å². The minimum absolute atomic E-state index is 0.0540. The monoisotopic (exact) mass is 436 g/mol. The third-order valence-electron chi connectivity index (χ3n) is 3.83. The van der Waals surface area contributed by atoms with Gasteiger partial charge in [-0.05, 0) is 40.8 Å². The molecule has 1 atom stereocenters. The summed E-state index contributed by atoms with van der Waals surface area (Å²) in [6, 6.07) is 11.9. The van der Waals surface area contributed by atoms with Gasteiger partial charge in [-0.3, -0.25) is 4.79 Å². The number of hydrogen-bond donors (Lipinski definition) is 1. The Morgan fingerprint density at radius 3 is 2.91 bits per heavy atom. The average molecular weight is 436 g/mol. The van der Waals surface area contributed by atoms with Crippen LogP contribution in [-0.2, 0) is 4.79 Å². The number of para-hydroxylation sites is 1. The van der Waals surface area contributed by atoms with Gasteiger partial charge in [-0.2, -0.15) is 0 Å². The van der Waals surface area contributed by atoms with Crippen LogP contribution in [0.2, 0.25) is 0 Å². The van der Waals surface area contributed by atoms with Crippen molar-refractivity contribution in [2.24, 2.45) is 0 Å². The fourth-order valence-electron chi connectivity index (χ4n) is 2.80. The minimum atomic E-state index is 0.0540. The molecule has 7 heteroatoms. The molecule has 1 aliphatic rings. The summed E-state index contributed by atoms with van der Waals surface area (Å²) in [5.74, 6) is 0.945. The number of aromatic nitrogens is 2. The van der Waals surface area contributed by atoms with Crippen molar-refractivity contribution < 1.29 is 4.79 Å². The quantitative estimate of drug-likeness (QED) is 0.639. The molecule has 1 saturated heterocycles. The van der Waals surface area contributed by atoms with Gasteiger partial charge in [0.2, 0.25) is 5.91 Å². The average Bonchev–Trinajstić information content (AvgIpc) is 3.11. The molecule has 1 aromatic carbocycles. The van der Waals surface area contributed by atoms with Gasteiger partial charge in [0.05, 0.1) is 14.3 Å². The number of hydrogen-bond acceptors (Lipinski definition) is 5. The molecule has 3 aromatic rings. The molecule has 5 nitrogen and oxygen atoms in total. The van der Waals surface area contributed by atoms with Gasteiger partial charge in [0.25, 0.3) is 0 Å². The maximum absolute atomic E-state index is 12.3. The molecule has 0 radical (unpaired) electrons.